The maximum atomic E-state index is 12.3. The Balaban J connectivity index is 2.06. The van der Waals surface area contributed by atoms with E-state index in [4.69, 9.17) is 4.74 Å². The van der Waals surface area contributed by atoms with E-state index in [1.807, 2.05) is 45.0 Å². The van der Waals surface area contributed by atoms with Gasteiger partial charge in [0, 0.05) is 16.6 Å². The van der Waals surface area contributed by atoms with Gasteiger partial charge in [0.05, 0.1) is 0 Å². The van der Waals surface area contributed by atoms with Crippen molar-refractivity contribution >= 4 is 27.8 Å². The van der Waals surface area contributed by atoms with Crippen LogP contribution in [0.25, 0.3) is 0 Å². The normalized spacial score (nSPS) is 17.4. The number of rotatable bonds is 1. The van der Waals surface area contributed by atoms with E-state index in [0.717, 1.165) is 16.5 Å². The molecule has 1 aliphatic rings. The van der Waals surface area contributed by atoms with Gasteiger partial charge in [0.1, 0.15) is 11.6 Å². The summed E-state index contributed by atoms with van der Waals surface area (Å²) in [5.74, 6) is 5.27. The number of halogens is 1. The van der Waals surface area contributed by atoms with Crippen molar-refractivity contribution in [3.63, 3.8) is 0 Å². The molecular weight excluding hydrogens is 358 g/mol. The average molecular weight is 378 g/mol. The van der Waals surface area contributed by atoms with Crippen LogP contribution in [-0.4, -0.2) is 35.0 Å². The molecule has 1 amide bonds. The lowest BCUT2D eigenvalue weighted by atomic mass is 10.1. The van der Waals surface area contributed by atoms with Gasteiger partial charge in [-0.05, 0) is 63.8 Å². The number of carbonyl (C=O) groups excluding carboxylic acids is 2. The summed E-state index contributed by atoms with van der Waals surface area (Å²) in [5.41, 5.74) is 0.194. The minimum atomic E-state index is -0.573. The zero-order chi connectivity index (χ0) is 17.0. The summed E-state index contributed by atoms with van der Waals surface area (Å²) in [5, 5.41) is 0. The number of Topliss-reactive ketones (excluding diaryl/α,β-unsaturated/α-hetero) is 1. The van der Waals surface area contributed by atoms with Crippen LogP contribution in [0.4, 0.5) is 4.79 Å². The molecule has 0 saturated carbocycles. The number of benzene rings is 1. The van der Waals surface area contributed by atoms with Gasteiger partial charge in [-0.15, -0.1) is 0 Å². The van der Waals surface area contributed by atoms with E-state index in [-0.39, 0.29) is 5.78 Å². The second kappa shape index (κ2) is 7.18. The molecule has 4 nitrogen and oxygen atoms in total. The number of ketones is 1. The van der Waals surface area contributed by atoms with Gasteiger partial charge >= 0.3 is 6.09 Å². The number of hydrogen-bond acceptors (Lipinski definition) is 3. The maximum absolute atomic E-state index is 12.3. The topological polar surface area (TPSA) is 46.6 Å². The lowest BCUT2D eigenvalue weighted by Crippen LogP contribution is -2.43. The molecule has 1 aromatic rings. The molecule has 122 valence electrons. The number of carbonyl (C=O) groups is 2. The highest BCUT2D eigenvalue weighted by atomic mass is 79.9. The fourth-order valence-electron chi connectivity index (χ4n) is 2.33. The molecule has 0 N–H and O–H groups in total. The van der Waals surface area contributed by atoms with Crippen LogP contribution in [0, 0.1) is 11.8 Å². The number of likely N-dealkylation sites (tertiary alicyclic amines) is 1. The molecule has 2 rings (SSSR count). The van der Waals surface area contributed by atoms with Crippen molar-refractivity contribution in [1.82, 2.24) is 4.90 Å². The van der Waals surface area contributed by atoms with Crippen LogP contribution in [0.5, 0.6) is 0 Å². The van der Waals surface area contributed by atoms with Crippen molar-refractivity contribution in [2.75, 3.05) is 6.54 Å². The van der Waals surface area contributed by atoms with Crippen molar-refractivity contribution in [1.29, 1.82) is 0 Å². The second-order valence-corrected chi connectivity index (χ2v) is 7.37. The predicted molar refractivity (Wildman–Crippen MR) is 92.0 cm³/mol. The first kappa shape index (κ1) is 17.6. The predicted octanol–water partition coefficient (Wildman–Crippen LogP) is 3.77. The van der Waals surface area contributed by atoms with E-state index < -0.39 is 17.7 Å². The Kier molecular flexibility index (Phi) is 5.48. The third kappa shape index (κ3) is 5.11. The highest BCUT2D eigenvalue weighted by molar-refractivity contribution is 9.10. The van der Waals surface area contributed by atoms with Crippen LogP contribution in [0.2, 0.25) is 0 Å². The average Bonchev–Trinajstić information content (AvgIpc) is 2.94. The van der Waals surface area contributed by atoms with Crippen molar-refractivity contribution in [3.05, 3.63) is 34.3 Å². The van der Waals surface area contributed by atoms with Gasteiger partial charge in [0.25, 0.3) is 0 Å². The number of hydrogen-bond donors (Lipinski definition) is 0. The lowest BCUT2D eigenvalue weighted by Gasteiger charge is -2.27. The first-order valence-electron chi connectivity index (χ1n) is 7.57. The van der Waals surface area contributed by atoms with Crippen molar-refractivity contribution < 1.29 is 14.3 Å². The number of nitrogens with zero attached hydrogens (tertiary/aromatic N) is 1. The first-order chi connectivity index (χ1) is 10.8. The van der Waals surface area contributed by atoms with Crippen molar-refractivity contribution in [3.8, 4) is 11.8 Å². The summed E-state index contributed by atoms with van der Waals surface area (Å²) in [4.78, 5) is 26.0. The molecule has 0 aromatic heterocycles. The van der Waals surface area contributed by atoms with Gasteiger partial charge in [0.2, 0.25) is 5.78 Å². The lowest BCUT2D eigenvalue weighted by molar-refractivity contribution is -0.117. The molecule has 1 heterocycles. The van der Waals surface area contributed by atoms with Crippen LogP contribution in [-0.2, 0) is 9.53 Å². The largest absolute Gasteiger partial charge is 0.444 e. The minimum absolute atomic E-state index is 0.240. The standard InChI is InChI=1S/C18H20BrNO3/c1-18(2,3)23-17(22)20-12-4-5-15(20)16(21)11-8-13-6-9-14(19)10-7-13/h6-7,9-10,15H,4-5,12H2,1-3H3/t15-/m0/s1. The SMILES string of the molecule is CC(C)(C)OC(=O)N1CCC[C@H]1C(=O)C#Cc1ccc(Br)cc1. The smallest absolute Gasteiger partial charge is 0.410 e. The Morgan fingerprint density at radius 3 is 2.52 bits per heavy atom. The Labute approximate surface area is 145 Å². The minimum Gasteiger partial charge on any atom is -0.444 e. The zero-order valence-electron chi connectivity index (χ0n) is 13.6. The van der Waals surface area contributed by atoms with Gasteiger partial charge in [-0.1, -0.05) is 21.9 Å². The third-order valence-corrected chi connectivity index (χ3v) is 3.89. The molecule has 1 atom stereocenters. The Hall–Kier alpha value is -1.80. The Morgan fingerprint density at radius 1 is 1.26 bits per heavy atom. The van der Waals surface area contributed by atoms with E-state index in [0.29, 0.717) is 13.0 Å². The van der Waals surface area contributed by atoms with Gasteiger partial charge in [0.15, 0.2) is 0 Å². The summed E-state index contributed by atoms with van der Waals surface area (Å²) in [6, 6.07) is 6.91. The third-order valence-electron chi connectivity index (χ3n) is 3.36. The van der Waals surface area contributed by atoms with Crippen LogP contribution in [0.1, 0.15) is 39.2 Å². The van der Waals surface area contributed by atoms with Gasteiger partial charge < -0.3 is 4.74 Å². The summed E-state index contributed by atoms with van der Waals surface area (Å²) >= 11 is 3.35. The van der Waals surface area contributed by atoms with Gasteiger partial charge in [-0.25, -0.2) is 4.79 Å². The Morgan fingerprint density at radius 2 is 1.91 bits per heavy atom. The molecule has 1 saturated heterocycles. The van der Waals surface area contributed by atoms with Crippen LogP contribution < -0.4 is 0 Å². The molecule has 0 radical (unpaired) electrons. The molecule has 0 unspecified atom stereocenters. The maximum Gasteiger partial charge on any atom is 0.410 e. The summed E-state index contributed by atoms with van der Waals surface area (Å²) in [7, 11) is 0. The number of ether oxygens (including phenoxy) is 1. The van der Waals surface area contributed by atoms with E-state index in [1.165, 1.54) is 4.90 Å². The molecule has 5 heteroatoms. The summed E-state index contributed by atoms with van der Waals surface area (Å²) in [6.45, 7) is 5.96. The summed E-state index contributed by atoms with van der Waals surface area (Å²) < 4.78 is 6.32. The molecule has 0 spiro atoms. The number of amides is 1. The first-order valence-corrected chi connectivity index (χ1v) is 8.36. The fourth-order valence-corrected chi connectivity index (χ4v) is 2.59. The molecule has 1 aromatic carbocycles. The Bertz CT molecular complexity index is 650. The monoisotopic (exact) mass is 377 g/mol. The molecule has 23 heavy (non-hydrogen) atoms. The summed E-state index contributed by atoms with van der Waals surface area (Å²) in [6.07, 6.45) is 0.974. The fraction of sp³-hybridized carbons (Fsp3) is 0.444. The second-order valence-electron chi connectivity index (χ2n) is 6.45. The van der Waals surface area contributed by atoms with Crippen LogP contribution in [0.15, 0.2) is 28.7 Å². The van der Waals surface area contributed by atoms with Crippen molar-refractivity contribution in [2.24, 2.45) is 0 Å². The highest BCUT2D eigenvalue weighted by Crippen LogP contribution is 2.21. The van der Waals surface area contributed by atoms with E-state index in [9.17, 15) is 9.59 Å². The van der Waals surface area contributed by atoms with E-state index in [2.05, 4.69) is 27.8 Å². The highest BCUT2D eigenvalue weighted by Gasteiger charge is 2.35. The molecule has 0 bridgehead atoms. The van der Waals surface area contributed by atoms with Gasteiger partial charge in [-0.3, -0.25) is 9.69 Å². The zero-order valence-corrected chi connectivity index (χ0v) is 15.1. The molecular formula is C18H20BrNO3. The van der Waals surface area contributed by atoms with Crippen LogP contribution in [0.3, 0.4) is 0 Å². The quantitative estimate of drug-likeness (QED) is 0.699. The van der Waals surface area contributed by atoms with E-state index >= 15 is 0 Å². The molecule has 1 fully saturated rings. The molecule has 0 aliphatic carbocycles. The van der Waals surface area contributed by atoms with E-state index in [1.54, 1.807) is 0 Å². The van der Waals surface area contributed by atoms with Gasteiger partial charge in [-0.2, -0.15) is 0 Å². The van der Waals surface area contributed by atoms with Crippen LogP contribution >= 0.6 is 15.9 Å². The van der Waals surface area contributed by atoms with Crippen molar-refractivity contribution in [2.45, 2.75) is 45.3 Å². The molecule has 1 aliphatic heterocycles.